The fraction of sp³-hybridized carbons (Fsp3) is 0.588. The highest BCUT2D eigenvalue weighted by molar-refractivity contribution is 5.78. The minimum Gasteiger partial charge on any atom is -0.496 e. The van der Waals surface area contributed by atoms with E-state index in [1.807, 2.05) is 18.2 Å². The van der Waals surface area contributed by atoms with Gasteiger partial charge in [-0.3, -0.25) is 4.99 Å². The smallest absolute Gasteiger partial charge is 0.188 e. The lowest BCUT2D eigenvalue weighted by Gasteiger charge is -2.23. The summed E-state index contributed by atoms with van der Waals surface area (Å²) in [6, 6.07) is 8.59. The number of hydrogen-bond acceptors (Lipinski definition) is 2. The van der Waals surface area contributed by atoms with E-state index in [9.17, 15) is 0 Å². The number of methoxy groups -OCH3 is 1. The standard InChI is InChI=1S/C17H27N3O/c1-13(15-10-6-7-11-16(15)21-2)12-19-17(18)20-14-8-4-3-5-9-14/h6-7,10-11,13-14H,3-5,8-9,12H2,1-2H3,(H3,18,19,20). The predicted molar refractivity (Wildman–Crippen MR) is 87.9 cm³/mol. The Labute approximate surface area is 127 Å². The van der Waals surface area contributed by atoms with E-state index in [4.69, 9.17) is 10.5 Å². The van der Waals surface area contributed by atoms with Crippen LogP contribution < -0.4 is 15.8 Å². The van der Waals surface area contributed by atoms with Gasteiger partial charge in [0.25, 0.3) is 0 Å². The minimum atomic E-state index is 0.285. The van der Waals surface area contributed by atoms with Gasteiger partial charge in [0.05, 0.1) is 7.11 Å². The van der Waals surface area contributed by atoms with Gasteiger partial charge in [-0.25, -0.2) is 0 Å². The summed E-state index contributed by atoms with van der Waals surface area (Å²) in [5.41, 5.74) is 7.18. The first-order chi connectivity index (χ1) is 10.2. The van der Waals surface area contributed by atoms with Gasteiger partial charge in [0.15, 0.2) is 5.96 Å². The number of hydrogen-bond donors (Lipinski definition) is 2. The Kier molecular flexibility index (Phi) is 5.90. The maximum Gasteiger partial charge on any atom is 0.188 e. The Bertz CT molecular complexity index is 467. The van der Waals surface area contributed by atoms with Crippen molar-refractivity contribution in [1.29, 1.82) is 0 Å². The zero-order valence-corrected chi connectivity index (χ0v) is 13.1. The number of nitrogens with one attached hydrogen (secondary N) is 1. The summed E-state index contributed by atoms with van der Waals surface area (Å²) >= 11 is 0. The highest BCUT2D eigenvalue weighted by atomic mass is 16.5. The molecule has 0 radical (unpaired) electrons. The second kappa shape index (κ2) is 7.91. The van der Waals surface area contributed by atoms with Gasteiger partial charge in [0.2, 0.25) is 0 Å². The molecule has 0 heterocycles. The van der Waals surface area contributed by atoms with Crippen molar-refractivity contribution in [2.75, 3.05) is 13.7 Å². The third-order valence-electron chi connectivity index (χ3n) is 4.16. The zero-order valence-electron chi connectivity index (χ0n) is 13.1. The fourth-order valence-electron chi connectivity index (χ4n) is 2.91. The average molecular weight is 289 g/mol. The molecule has 0 aromatic heterocycles. The van der Waals surface area contributed by atoms with Gasteiger partial charge < -0.3 is 15.8 Å². The van der Waals surface area contributed by atoms with Gasteiger partial charge in [-0.05, 0) is 24.5 Å². The van der Waals surface area contributed by atoms with E-state index in [-0.39, 0.29) is 5.92 Å². The molecule has 0 saturated heterocycles. The van der Waals surface area contributed by atoms with Crippen LogP contribution in [0.5, 0.6) is 5.75 Å². The van der Waals surface area contributed by atoms with Crippen molar-refractivity contribution < 1.29 is 4.74 Å². The number of benzene rings is 1. The van der Waals surface area contributed by atoms with E-state index < -0.39 is 0 Å². The van der Waals surface area contributed by atoms with Gasteiger partial charge in [-0.2, -0.15) is 0 Å². The number of rotatable bonds is 5. The zero-order chi connectivity index (χ0) is 15.1. The largest absolute Gasteiger partial charge is 0.496 e. The summed E-state index contributed by atoms with van der Waals surface area (Å²) in [5, 5.41) is 3.35. The molecule has 0 spiro atoms. The van der Waals surface area contributed by atoms with Gasteiger partial charge in [-0.15, -0.1) is 0 Å². The molecule has 1 aromatic rings. The summed E-state index contributed by atoms with van der Waals surface area (Å²) in [5.74, 6) is 1.77. The van der Waals surface area contributed by atoms with Crippen molar-refractivity contribution in [3.05, 3.63) is 29.8 Å². The fourth-order valence-corrected chi connectivity index (χ4v) is 2.91. The van der Waals surface area contributed by atoms with Crippen LogP contribution in [0.15, 0.2) is 29.3 Å². The molecule has 1 atom stereocenters. The number of para-hydroxylation sites is 1. The van der Waals surface area contributed by atoms with E-state index in [1.165, 1.54) is 37.7 Å². The van der Waals surface area contributed by atoms with Crippen molar-refractivity contribution in [3.63, 3.8) is 0 Å². The Hall–Kier alpha value is -1.71. The molecular formula is C17H27N3O. The summed E-state index contributed by atoms with van der Waals surface area (Å²) < 4.78 is 5.40. The lowest BCUT2D eigenvalue weighted by molar-refractivity contribution is 0.406. The van der Waals surface area contributed by atoms with Crippen LogP contribution in [0.25, 0.3) is 0 Å². The first-order valence-corrected chi connectivity index (χ1v) is 7.90. The normalized spacial score (nSPS) is 18.3. The number of guanidine groups is 1. The third-order valence-corrected chi connectivity index (χ3v) is 4.16. The Morgan fingerprint density at radius 3 is 2.76 bits per heavy atom. The van der Waals surface area contributed by atoms with Crippen LogP contribution in [0.3, 0.4) is 0 Å². The molecule has 2 rings (SSSR count). The summed E-state index contributed by atoms with van der Waals surface area (Å²) in [6.07, 6.45) is 6.35. The molecule has 1 fully saturated rings. The molecule has 1 unspecified atom stereocenters. The molecule has 0 aliphatic heterocycles. The lowest BCUT2D eigenvalue weighted by atomic mass is 9.96. The van der Waals surface area contributed by atoms with Crippen LogP contribution in [0.1, 0.15) is 50.5 Å². The quantitative estimate of drug-likeness (QED) is 0.647. The van der Waals surface area contributed by atoms with E-state index in [0.29, 0.717) is 18.5 Å². The molecule has 4 nitrogen and oxygen atoms in total. The van der Waals surface area contributed by atoms with Crippen molar-refractivity contribution in [3.8, 4) is 5.75 Å². The molecule has 0 bridgehead atoms. The van der Waals surface area contributed by atoms with Gasteiger partial charge in [0.1, 0.15) is 5.75 Å². The molecule has 1 aliphatic rings. The van der Waals surface area contributed by atoms with E-state index in [2.05, 4.69) is 23.3 Å². The number of nitrogens with zero attached hydrogens (tertiary/aromatic N) is 1. The van der Waals surface area contributed by atoms with Crippen molar-refractivity contribution in [1.82, 2.24) is 5.32 Å². The summed E-state index contributed by atoms with van der Waals surface area (Å²) in [7, 11) is 1.70. The maximum atomic E-state index is 6.01. The summed E-state index contributed by atoms with van der Waals surface area (Å²) in [6.45, 7) is 2.82. The van der Waals surface area contributed by atoms with Crippen LogP contribution in [-0.4, -0.2) is 25.7 Å². The van der Waals surface area contributed by atoms with Crippen molar-refractivity contribution in [2.24, 2.45) is 10.7 Å². The van der Waals surface area contributed by atoms with Crippen LogP contribution in [0.4, 0.5) is 0 Å². The number of ether oxygens (including phenoxy) is 1. The topological polar surface area (TPSA) is 59.6 Å². The minimum absolute atomic E-state index is 0.285. The first-order valence-electron chi connectivity index (χ1n) is 7.90. The third kappa shape index (κ3) is 4.66. The van der Waals surface area contributed by atoms with E-state index in [1.54, 1.807) is 7.11 Å². The average Bonchev–Trinajstić information content (AvgIpc) is 2.53. The molecule has 3 N–H and O–H groups in total. The molecule has 1 aliphatic carbocycles. The van der Waals surface area contributed by atoms with Crippen molar-refractivity contribution >= 4 is 5.96 Å². The van der Waals surface area contributed by atoms with Crippen LogP contribution >= 0.6 is 0 Å². The van der Waals surface area contributed by atoms with E-state index in [0.717, 1.165) is 5.75 Å². The van der Waals surface area contributed by atoms with Gasteiger partial charge >= 0.3 is 0 Å². The lowest BCUT2D eigenvalue weighted by Crippen LogP contribution is -2.41. The SMILES string of the molecule is COc1ccccc1C(C)CN=C(N)NC1CCCCC1. The predicted octanol–water partition coefficient (Wildman–Crippen LogP) is 3.04. The highest BCUT2D eigenvalue weighted by Gasteiger charge is 2.14. The number of nitrogens with two attached hydrogens (primary N) is 1. The Morgan fingerprint density at radius 2 is 2.05 bits per heavy atom. The summed E-state index contributed by atoms with van der Waals surface area (Å²) in [4.78, 5) is 4.50. The second-order valence-corrected chi connectivity index (χ2v) is 5.85. The molecule has 21 heavy (non-hydrogen) atoms. The molecule has 1 aromatic carbocycles. The molecule has 1 saturated carbocycles. The van der Waals surface area contributed by atoms with Gasteiger partial charge in [0, 0.05) is 18.5 Å². The van der Waals surface area contributed by atoms with Crippen molar-refractivity contribution in [2.45, 2.75) is 51.0 Å². The van der Waals surface area contributed by atoms with Crippen LogP contribution in [0, 0.1) is 0 Å². The second-order valence-electron chi connectivity index (χ2n) is 5.85. The number of aliphatic imine (C=N–C) groups is 1. The Morgan fingerprint density at radius 1 is 1.33 bits per heavy atom. The monoisotopic (exact) mass is 289 g/mol. The maximum absolute atomic E-state index is 6.01. The van der Waals surface area contributed by atoms with Crippen LogP contribution in [-0.2, 0) is 0 Å². The molecule has 0 amide bonds. The van der Waals surface area contributed by atoms with Crippen LogP contribution in [0.2, 0.25) is 0 Å². The first kappa shape index (κ1) is 15.7. The highest BCUT2D eigenvalue weighted by Crippen LogP contribution is 2.26. The molecule has 4 heteroatoms. The molecule has 116 valence electrons. The van der Waals surface area contributed by atoms with Gasteiger partial charge in [-0.1, -0.05) is 44.4 Å². The van der Waals surface area contributed by atoms with E-state index >= 15 is 0 Å². The molecular weight excluding hydrogens is 262 g/mol. The Balaban J connectivity index is 1.89.